The maximum absolute atomic E-state index is 12.3. The smallest absolute Gasteiger partial charge is 0.262 e. The Balaban J connectivity index is 1.53. The van der Waals surface area contributed by atoms with Crippen molar-refractivity contribution in [2.24, 2.45) is 0 Å². The molecule has 2 N–H and O–H groups in total. The molecule has 0 aliphatic carbocycles. The van der Waals surface area contributed by atoms with Gasteiger partial charge in [-0.1, -0.05) is 27.5 Å². The number of fused-ring (bicyclic) bond motifs is 1. The van der Waals surface area contributed by atoms with Crippen molar-refractivity contribution < 1.29 is 14.3 Å². The van der Waals surface area contributed by atoms with Gasteiger partial charge in [0.1, 0.15) is 12.1 Å². The predicted octanol–water partition coefficient (Wildman–Crippen LogP) is 3.64. The van der Waals surface area contributed by atoms with E-state index in [2.05, 4.69) is 36.6 Å². The Morgan fingerprint density at radius 1 is 1.31 bits per heavy atom. The highest BCUT2D eigenvalue weighted by atomic mass is 79.9. The van der Waals surface area contributed by atoms with Crippen molar-refractivity contribution in [3.05, 3.63) is 63.9 Å². The number of benzene rings is 2. The Hall–Kier alpha value is -2.91. The lowest BCUT2D eigenvalue weighted by Crippen LogP contribution is -2.30. The average Bonchev–Trinajstić information content (AvgIpc) is 3.16. The molecule has 3 aromatic rings. The average molecular weight is 477 g/mol. The first-order valence-electron chi connectivity index (χ1n) is 8.66. The van der Waals surface area contributed by atoms with Gasteiger partial charge in [-0.15, -0.1) is 0 Å². The highest BCUT2D eigenvalue weighted by molar-refractivity contribution is 9.10. The van der Waals surface area contributed by atoms with E-state index in [-0.39, 0.29) is 24.8 Å². The van der Waals surface area contributed by atoms with Gasteiger partial charge in [0.25, 0.3) is 5.91 Å². The molecule has 0 saturated carbocycles. The first-order chi connectivity index (χ1) is 14.0. The fraction of sp³-hybridized carbons (Fsp3) is 0.158. The number of anilines is 2. The standard InChI is InChI=1S/C19H15BrClN5O3/c20-11-1-6-16(29-9-18(28)24-13-4-2-12(21)3-5-13)14(7-11)15-8-17(27)25-19-22-10-23-26(15)19/h1-7,10,15H,8-9H2,(H,24,28)(H,22,23,25,27)/t15-/m0/s1. The number of amides is 2. The molecule has 2 heterocycles. The van der Waals surface area contributed by atoms with Gasteiger partial charge < -0.3 is 10.1 Å². The molecule has 4 rings (SSSR count). The van der Waals surface area contributed by atoms with Crippen LogP contribution in [0.15, 0.2) is 53.3 Å². The molecule has 0 unspecified atom stereocenters. The predicted molar refractivity (Wildman–Crippen MR) is 111 cm³/mol. The van der Waals surface area contributed by atoms with Gasteiger partial charge in [-0.05, 0) is 42.5 Å². The normalized spacial score (nSPS) is 15.4. The van der Waals surface area contributed by atoms with E-state index in [0.717, 1.165) is 10.0 Å². The van der Waals surface area contributed by atoms with Gasteiger partial charge in [0.05, 0.1) is 12.5 Å². The second-order valence-electron chi connectivity index (χ2n) is 6.32. The molecule has 0 fully saturated rings. The van der Waals surface area contributed by atoms with Crippen LogP contribution in [-0.4, -0.2) is 33.2 Å². The summed E-state index contributed by atoms with van der Waals surface area (Å²) in [6.45, 7) is -0.194. The van der Waals surface area contributed by atoms with E-state index in [1.165, 1.54) is 6.33 Å². The van der Waals surface area contributed by atoms with Gasteiger partial charge in [-0.3, -0.25) is 14.9 Å². The molecule has 1 atom stereocenters. The molecule has 1 aliphatic rings. The van der Waals surface area contributed by atoms with Crippen molar-refractivity contribution in [2.45, 2.75) is 12.5 Å². The Morgan fingerprint density at radius 2 is 2.10 bits per heavy atom. The second kappa shape index (κ2) is 8.22. The van der Waals surface area contributed by atoms with Gasteiger partial charge >= 0.3 is 0 Å². The number of nitrogens with one attached hydrogen (secondary N) is 2. The molecule has 10 heteroatoms. The van der Waals surface area contributed by atoms with Crippen molar-refractivity contribution in [2.75, 3.05) is 17.2 Å². The van der Waals surface area contributed by atoms with Crippen LogP contribution < -0.4 is 15.4 Å². The molecule has 0 saturated heterocycles. The summed E-state index contributed by atoms with van der Waals surface area (Å²) in [4.78, 5) is 28.4. The number of aromatic nitrogens is 3. The van der Waals surface area contributed by atoms with E-state index < -0.39 is 6.04 Å². The summed E-state index contributed by atoms with van der Waals surface area (Å²) in [5, 5.41) is 10.2. The van der Waals surface area contributed by atoms with Crippen LogP contribution in [0.2, 0.25) is 5.02 Å². The van der Waals surface area contributed by atoms with E-state index in [4.69, 9.17) is 16.3 Å². The maximum atomic E-state index is 12.3. The van der Waals surface area contributed by atoms with Crippen LogP contribution in [0.3, 0.4) is 0 Å². The molecule has 0 spiro atoms. The van der Waals surface area contributed by atoms with E-state index in [0.29, 0.717) is 22.4 Å². The van der Waals surface area contributed by atoms with Crippen molar-refractivity contribution in [3.8, 4) is 5.75 Å². The van der Waals surface area contributed by atoms with Crippen LogP contribution in [0.25, 0.3) is 0 Å². The molecule has 0 radical (unpaired) electrons. The zero-order valence-electron chi connectivity index (χ0n) is 14.9. The molecule has 1 aliphatic heterocycles. The fourth-order valence-corrected chi connectivity index (χ4v) is 3.54. The quantitative estimate of drug-likeness (QED) is 0.586. The van der Waals surface area contributed by atoms with Crippen molar-refractivity contribution in [1.29, 1.82) is 0 Å². The Labute approximate surface area is 179 Å². The van der Waals surface area contributed by atoms with Crippen LogP contribution in [0.5, 0.6) is 5.75 Å². The number of hydrogen-bond acceptors (Lipinski definition) is 5. The van der Waals surface area contributed by atoms with Crippen molar-refractivity contribution >= 4 is 51.0 Å². The fourth-order valence-electron chi connectivity index (χ4n) is 3.03. The Bertz CT molecular complexity index is 1070. The topological polar surface area (TPSA) is 98.1 Å². The molecule has 29 heavy (non-hydrogen) atoms. The number of rotatable bonds is 5. The molecule has 2 aromatic carbocycles. The summed E-state index contributed by atoms with van der Waals surface area (Å²) < 4.78 is 8.22. The van der Waals surface area contributed by atoms with Gasteiger partial charge in [-0.2, -0.15) is 10.1 Å². The Kier molecular flexibility index (Phi) is 5.50. The third kappa shape index (κ3) is 4.41. The van der Waals surface area contributed by atoms with Crippen molar-refractivity contribution in [1.82, 2.24) is 14.8 Å². The lowest BCUT2D eigenvalue weighted by molar-refractivity contribution is -0.118. The van der Waals surface area contributed by atoms with Crippen LogP contribution in [0.1, 0.15) is 18.0 Å². The monoisotopic (exact) mass is 475 g/mol. The summed E-state index contributed by atoms with van der Waals surface area (Å²) in [6, 6.07) is 11.8. The second-order valence-corrected chi connectivity index (χ2v) is 7.67. The molecule has 1 aromatic heterocycles. The van der Waals surface area contributed by atoms with Gasteiger partial charge in [-0.25, -0.2) is 4.68 Å². The summed E-state index contributed by atoms with van der Waals surface area (Å²) in [5.74, 6) is 0.379. The van der Waals surface area contributed by atoms with Gasteiger partial charge in [0.2, 0.25) is 11.9 Å². The lowest BCUT2D eigenvalue weighted by atomic mass is 10.0. The number of halogens is 2. The summed E-state index contributed by atoms with van der Waals surface area (Å²) in [7, 11) is 0. The van der Waals surface area contributed by atoms with Gasteiger partial charge in [0.15, 0.2) is 6.61 Å². The first-order valence-corrected chi connectivity index (χ1v) is 9.84. The third-order valence-electron chi connectivity index (χ3n) is 4.32. The molecule has 8 nitrogen and oxygen atoms in total. The lowest BCUT2D eigenvalue weighted by Gasteiger charge is -2.25. The highest BCUT2D eigenvalue weighted by Gasteiger charge is 2.30. The summed E-state index contributed by atoms with van der Waals surface area (Å²) in [6.07, 6.45) is 1.56. The van der Waals surface area contributed by atoms with Crippen LogP contribution >= 0.6 is 27.5 Å². The Morgan fingerprint density at radius 3 is 2.90 bits per heavy atom. The first kappa shape index (κ1) is 19.4. The molecule has 0 bridgehead atoms. The minimum Gasteiger partial charge on any atom is -0.483 e. The number of hydrogen-bond donors (Lipinski definition) is 2. The molecule has 148 valence electrons. The largest absolute Gasteiger partial charge is 0.483 e. The summed E-state index contributed by atoms with van der Waals surface area (Å²) in [5.41, 5.74) is 1.34. The number of ether oxygens (including phenoxy) is 1. The van der Waals surface area contributed by atoms with Gasteiger partial charge in [0, 0.05) is 20.7 Å². The van der Waals surface area contributed by atoms with E-state index in [9.17, 15) is 9.59 Å². The summed E-state index contributed by atoms with van der Waals surface area (Å²) >= 11 is 9.30. The number of nitrogens with zero attached hydrogens (tertiary/aromatic N) is 3. The molecular formula is C19H15BrClN5O3. The highest BCUT2D eigenvalue weighted by Crippen LogP contribution is 2.36. The van der Waals surface area contributed by atoms with Crippen LogP contribution in [0.4, 0.5) is 11.6 Å². The number of carbonyl (C=O) groups excluding carboxylic acids is 2. The van der Waals surface area contributed by atoms with E-state index >= 15 is 0 Å². The minimum atomic E-state index is -0.395. The van der Waals surface area contributed by atoms with E-state index in [1.807, 2.05) is 6.07 Å². The minimum absolute atomic E-state index is 0.165. The maximum Gasteiger partial charge on any atom is 0.262 e. The number of carbonyl (C=O) groups is 2. The zero-order valence-corrected chi connectivity index (χ0v) is 17.3. The third-order valence-corrected chi connectivity index (χ3v) is 5.06. The van der Waals surface area contributed by atoms with Crippen LogP contribution in [-0.2, 0) is 9.59 Å². The zero-order chi connectivity index (χ0) is 20.4. The van der Waals surface area contributed by atoms with Crippen LogP contribution in [0, 0.1) is 0 Å². The van der Waals surface area contributed by atoms with E-state index in [1.54, 1.807) is 41.1 Å². The SMILES string of the molecule is O=C(COc1ccc(Br)cc1[C@@H]1CC(=O)Nc2ncnn21)Nc1ccc(Cl)cc1. The molecular weight excluding hydrogens is 462 g/mol. The van der Waals surface area contributed by atoms with Crippen molar-refractivity contribution in [3.63, 3.8) is 0 Å². The molecule has 2 amide bonds.